The zero-order valence-corrected chi connectivity index (χ0v) is 23.2. The highest BCUT2D eigenvalue weighted by Crippen LogP contribution is 2.46. The van der Waals surface area contributed by atoms with E-state index in [1.807, 2.05) is 6.92 Å². The van der Waals surface area contributed by atoms with Crippen LogP contribution in [0.1, 0.15) is 69.2 Å². The van der Waals surface area contributed by atoms with Gasteiger partial charge in [0.1, 0.15) is 18.3 Å². The van der Waals surface area contributed by atoms with Crippen LogP contribution < -0.4 is 0 Å². The summed E-state index contributed by atoms with van der Waals surface area (Å²) in [6.45, 7) is 26.5. The molecule has 1 aliphatic rings. The normalized spacial score (nSPS) is 29.9. The smallest absolute Gasteiger partial charge is 0.203 e. The number of hydrogen-bond donors (Lipinski definition) is 1. The van der Waals surface area contributed by atoms with Crippen molar-refractivity contribution in [3.8, 4) is 0 Å². The third kappa shape index (κ3) is 5.54. The van der Waals surface area contributed by atoms with Gasteiger partial charge < -0.3 is 23.4 Å². The molecule has 0 bridgehead atoms. The quantitative estimate of drug-likeness (QED) is 0.483. The fourth-order valence-corrected chi connectivity index (χ4v) is 11.4. The lowest BCUT2D eigenvalue weighted by Crippen LogP contribution is -2.65. The Bertz CT molecular complexity index is 494. The van der Waals surface area contributed by atoms with Gasteiger partial charge in [0, 0.05) is 7.11 Å². The summed E-state index contributed by atoms with van der Waals surface area (Å²) in [4.78, 5) is 0. The van der Waals surface area contributed by atoms with Crippen LogP contribution in [0.2, 0.25) is 34.8 Å². The Morgan fingerprint density at radius 1 is 0.862 bits per heavy atom. The molecule has 1 rings (SSSR count). The molecule has 0 aromatic rings. The van der Waals surface area contributed by atoms with E-state index < -0.39 is 41.2 Å². The van der Waals surface area contributed by atoms with Crippen molar-refractivity contribution in [3.05, 3.63) is 0 Å². The van der Waals surface area contributed by atoms with Crippen molar-refractivity contribution < 1.29 is 23.4 Å². The van der Waals surface area contributed by atoms with Gasteiger partial charge in [0.25, 0.3) is 0 Å². The Kier molecular flexibility index (Phi) is 9.21. The predicted molar refractivity (Wildman–Crippen MR) is 125 cm³/mol. The molecule has 7 heteroatoms. The minimum Gasteiger partial charge on any atom is -0.406 e. The van der Waals surface area contributed by atoms with Crippen LogP contribution in [-0.4, -0.2) is 59.6 Å². The molecule has 1 N–H and O–H groups in total. The average Bonchev–Trinajstić information content (AvgIpc) is 2.53. The van der Waals surface area contributed by atoms with E-state index in [2.05, 4.69) is 75.4 Å². The largest absolute Gasteiger partial charge is 0.406 e. The van der Waals surface area contributed by atoms with E-state index in [0.717, 1.165) is 0 Å². The van der Waals surface area contributed by atoms with Gasteiger partial charge in [-0.2, -0.15) is 0 Å². The molecule has 0 unspecified atom stereocenters. The second-order valence-corrected chi connectivity index (χ2v) is 21.3. The van der Waals surface area contributed by atoms with Gasteiger partial charge >= 0.3 is 0 Å². The highest BCUT2D eigenvalue weighted by molar-refractivity contribution is 6.77. The Morgan fingerprint density at radius 2 is 1.31 bits per heavy atom. The predicted octanol–water partition coefficient (Wildman–Crippen LogP) is 5.69. The first-order valence-electron chi connectivity index (χ1n) is 11.2. The molecule has 0 aromatic carbocycles. The summed E-state index contributed by atoms with van der Waals surface area (Å²) in [6, 6.07) is 0. The van der Waals surface area contributed by atoms with E-state index in [-0.39, 0.29) is 11.1 Å². The van der Waals surface area contributed by atoms with Crippen LogP contribution in [0.3, 0.4) is 0 Å². The molecule has 0 spiro atoms. The fraction of sp³-hybridized carbons (Fsp3) is 1.00. The lowest BCUT2D eigenvalue weighted by molar-refractivity contribution is -0.272. The summed E-state index contributed by atoms with van der Waals surface area (Å²) in [5.41, 5.74) is 1.27. The van der Waals surface area contributed by atoms with Gasteiger partial charge in [0.15, 0.2) is 14.6 Å². The number of hydrogen-bond acceptors (Lipinski definition) is 5. The summed E-state index contributed by atoms with van der Waals surface area (Å²) < 4.78 is 25.6. The molecule has 1 aliphatic heterocycles. The third-order valence-corrected chi connectivity index (χ3v) is 17.8. The molecule has 174 valence electrons. The number of rotatable bonds is 8. The van der Waals surface area contributed by atoms with Crippen molar-refractivity contribution >= 4 is 16.6 Å². The van der Waals surface area contributed by atoms with Crippen LogP contribution in [-0.2, 0) is 18.3 Å². The topological polar surface area (TPSA) is 57.2 Å². The van der Waals surface area contributed by atoms with Crippen molar-refractivity contribution in [1.29, 1.82) is 0 Å². The average molecular weight is 449 g/mol. The first-order chi connectivity index (χ1) is 13.0. The van der Waals surface area contributed by atoms with E-state index in [0.29, 0.717) is 16.6 Å². The monoisotopic (exact) mass is 448 g/mol. The summed E-state index contributed by atoms with van der Waals surface area (Å²) >= 11 is 0. The highest BCUT2D eigenvalue weighted by Gasteiger charge is 2.54. The van der Waals surface area contributed by atoms with Gasteiger partial charge in [-0.25, -0.2) is 0 Å². The van der Waals surface area contributed by atoms with Crippen LogP contribution in [0.5, 0.6) is 0 Å². The van der Waals surface area contributed by atoms with Crippen LogP contribution in [0.25, 0.3) is 0 Å². The van der Waals surface area contributed by atoms with Crippen LogP contribution in [0, 0.1) is 0 Å². The maximum atomic E-state index is 11.2. The molecule has 0 saturated carbocycles. The Balaban J connectivity index is 3.38. The minimum absolute atomic E-state index is 0.0194. The number of methoxy groups -OCH3 is 1. The second kappa shape index (κ2) is 9.80. The van der Waals surface area contributed by atoms with Gasteiger partial charge in [0.05, 0.1) is 6.10 Å². The summed E-state index contributed by atoms with van der Waals surface area (Å²) in [5, 5.41) is 11.3. The van der Waals surface area contributed by atoms with Crippen LogP contribution >= 0.6 is 0 Å². The Hall–Kier alpha value is 0.234. The van der Waals surface area contributed by atoms with Gasteiger partial charge in [-0.3, -0.25) is 0 Å². The van der Waals surface area contributed by atoms with E-state index in [4.69, 9.17) is 18.3 Å². The first kappa shape index (κ1) is 27.3. The molecule has 5 atom stereocenters. The summed E-state index contributed by atoms with van der Waals surface area (Å²) in [6.07, 6.45) is -2.63. The Morgan fingerprint density at radius 3 is 1.66 bits per heavy atom. The van der Waals surface area contributed by atoms with E-state index in [1.165, 1.54) is 0 Å². The standard InChI is InChI=1S/C22H48O5Si2/c1-14(2)29(15(3)4,16(5)6)27-21-20(26-28(12,13)22(8,9)10)18(23)19(24-11)17(7)25-21/h14-21,23H,1-13H3/t17-,18+,19+,20-,21+/m1/s1. The van der Waals surface area contributed by atoms with E-state index in [1.54, 1.807) is 7.11 Å². The van der Waals surface area contributed by atoms with Gasteiger partial charge in [-0.05, 0) is 41.7 Å². The van der Waals surface area contributed by atoms with Crippen molar-refractivity contribution in [2.45, 2.75) is 135 Å². The molecule has 0 aliphatic carbocycles. The lowest BCUT2D eigenvalue weighted by atomic mass is 10.00. The van der Waals surface area contributed by atoms with E-state index >= 15 is 0 Å². The molecular weight excluding hydrogens is 400 g/mol. The van der Waals surface area contributed by atoms with Crippen LogP contribution in [0.4, 0.5) is 0 Å². The molecule has 0 aromatic heterocycles. The number of aliphatic hydroxyl groups is 1. The first-order valence-corrected chi connectivity index (χ1v) is 16.3. The zero-order valence-electron chi connectivity index (χ0n) is 21.2. The van der Waals surface area contributed by atoms with Crippen molar-refractivity contribution in [2.75, 3.05) is 7.11 Å². The van der Waals surface area contributed by atoms with Gasteiger partial charge in [-0.1, -0.05) is 62.3 Å². The number of ether oxygens (including phenoxy) is 2. The van der Waals surface area contributed by atoms with Crippen molar-refractivity contribution in [3.63, 3.8) is 0 Å². The van der Waals surface area contributed by atoms with Gasteiger partial charge in [0.2, 0.25) is 8.32 Å². The maximum absolute atomic E-state index is 11.2. The van der Waals surface area contributed by atoms with Crippen molar-refractivity contribution in [2.24, 2.45) is 0 Å². The molecule has 5 nitrogen and oxygen atoms in total. The van der Waals surface area contributed by atoms with Crippen molar-refractivity contribution in [1.82, 2.24) is 0 Å². The lowest BCUT2D eigenvalue weighted by Gasteiger charge is -2.52. The molecule has 29 heavy (non-hydrogen) atoms. The zero-order chi connectivity index (χ0) is 22.9. The molecule has 0 radical (unpaired) electrons. The maximum Gasteiger partial charge on any atom is 0.203 e. The van der Waals surface area contributed by atoms with Gasteiger partial charge in [-0.15, -0.1) is 0 Å². The second-order valence-electron chi connectivity index (χ2n) is 11.2. The molecule has 1 fully saturated rings. The molecule has 1 heterocycles. The Labute approximate surface area is 182 Å². The highest BCUT2D eigenvalue weighted by atomic mass is 28.4. The third-order valence-electron chi connectivity index (χ3n) is 7.29. The molecular formula is C22H48O5Si2. The molecule has 0 amide bonds. The van der Waals surface area contributed by atoms with Crippen LogP contribution in [0.15, 0.2) is 0 Å². The molecule has 1 saturated heterocycles. The SMILES string of the molecule is CO[C@@H]1[C@H](O)[C@@H](O[Si](C)(C)C(C)(C)C)[C@H](O[Si](C(C)C)(C(C)C)C(C)C)O[C@@H]1C. The summed E-state index contributed by atoms with van der Waals surface area (Å²) in [7, 11) is -2.75. The fourth-order valence-electron chi connectivity index (χ4n) is 4.67. The minimum atomic E-state index is -2.21. The number of aliphatic hydroxyl groups excluding tert-OH is 1. The summed E-state index contributed by atoms with van der Waals surface area (Å²) in [5.74, 6) is 0. The van der Waals surface area contributed by atoms with E-state index in [9.17, 15) is 5.11 Å².